The molecule has 1 amide bonds. The number of nitrogen functional groups attached to an aromatic ring is 1. The zero-order valence-corrected chi connectivity index (χ0v) is 12.9. The number of hydrogen-bond donors (Lipinski definition) is 2. The van der Waals surface area contributed by atoms with Crippen molar-refractivity contribution in [2.45, 2.75) is 45.3 Å². The first-order valence-corrected chi connectivity index (χ1v) is 7.29. The fourth-order valence-electron chi connectivity index (χ4n) is 2.38. The Labute approximate surface area is 125 Å². The van der Waals surface area contributed by atoms with Gasteiger partial charge in [-0.15, -0.1) is 0 Å². The summed E-state index contributed by atoms with van der Waals surface area (Å²) in [7, 11) is 0. The molecule has 1 fully saturated rings. The molecule has 0 atom stereocenters. The van der Waals surface area contributed by atoms with Crippen LogP contribution in [0.25, 0.3) is 0 Å². The highest BCUT2D eigenvalue weighted by molar-refractivity contribution is 5.68. The van der Waals surface area contributed by atoms with E-state index in [1.54, 1.807) is 6.20 Å². The monoisotopic (exact) mass is 292 g/mol. The Balaban J connectivity index is 1.84. The molecule has 3 N–H and O–H groups in total. The molecule has 1 aliphatic rings. The summed E-state index contributed by atoms with van der Waals surface area (Å²) < 4.78 is 5.46. The Morgan fingerprint density at radius 1 is 1.43 bits per heavy atom. The summed E-state index contributed by atoms with van der Waals surface area (Å²) in [5.74, 6) is 0.544. The molecule has 1 aromatic heterocycles. The molecule has 0 radical (unpaired) electrons. The van der Waals surface area contributed by atoms with Gasteiger partial charge in [0, 0.05) is 37.7 Å². The predicted octanol–water partition coefficient (Wildman–Crippen LogP) is 2.16. The number of ether oxygens (including phenoxy) is 1. The lowest BCUT2D eigenvalue weighted by Crippen LogP contribution is -2.44. The van der Waals surface area contributed by atoms with Crippen molar-refractivity contribution in [3.8, 4) is 0 Å². The number of alkyl carbamates (subject to hydrolysis) is 1. The largest absolute Gasteiger partial charge is 0.446 e. The zero-order valence-electron chi connectivity index (χ0n) is 12.9. The van der Waals surface area contributed by atoms with Gasteiger partial charge in [-0.1, -0.05) is 0 Å². The molecule has 1 saturated heterocycles. The van der Waals surface area contributed by atoms with Gasteiger partial charge in [-0.2, -0.15) is 0 Å². The van der Waals surface area contributed by atoms with E-state index in [0.717, 1.165) is 31.6 Å². The summed E-state index contributed by atoms with van der Waals surface area (Å²) in [4.78, 5) is 18.0. The Bertz CT molecular complexity index is 491. The van der Waals surface area contributed by atoms with Crippen LogP contribution in [-0.4, -0.2) is 35.8 Å². The van der Waals surface area contributed by atoms with Gasteiger partial charge in [0.25, 0.3) is 0 Å². The molecule has 0 unspecified atom stereocenters. The average molecular weight is 292 g/mol. The van der Waals surface area contributed by atoms with E-state index in [1.807, 2.05) is 32.9 Å². The quantitative estimate of drug-likeness (QED) is 0.873. The van der Waals surface area contributed by atoms with Gasteiger partial charge in [-0.05, 0) is 32.9 Å². The Morgan fingerprint density at radius 3 is 2.67 bits per heavy atom. The summed E-state index contributed by atoms with van der Waals surface area (Å²) in [6.45, 7) is 7.42. The van der Waals surface area contributed by atoms with Crippen LogP contribution in [0.1, 0.15) is 33.6 Å². The van der Waals surface area contributed by atoms with Crippen LogP contribution in [0.5, 0.6) is 0 Å². The number of nitrogens with zero attached hydrogens (tertiary/aromatic N) is 2. The maximum absolute atomic E-state index is 11.8. The zero-order chi connectivity index (χ0) is 15.5. The van der Waals surface area contributed by atoms with Crippen LogP contribution in [-0.2, 0) is 4.74 Å². The molecule has 1 aliphatic heterocycles. The van der Waals surface area contributed by atoms with E-state index >= 15 is 0 Å². The number of nitrogens with two attached hydrogens (primary N) is 1. The highest BCUT2D eigenvalue weighted by atomic mass is 16.6. The van der Waals surface area contributed by atoms with E-state index in [0.29, 0.717) is 5.82 Å². The second kappa shape index (κ2) is 6.20. The van der Waals surface area contributed by atoms with Gasteiger partial charge < -0.3 is 20.7 Å². The van der Waals surface area contributed by atoms with Crippen molar-refractivity contribution in [3.05, 3.63) is 18.3 Å². The minimum Gasteiger partial charge on any atom is -0.446 e. The Kier molecular flexibility index (Phi) is 4.55. The minimum absolute atomic E-state index is 0.0403. The number of hydrogen-bond acceptors (Lipinski definition) is 5. The third kappa shape index (κ3) is 4.51. The third-order valence-corrected chi connectivity index (χ3v) is 3.35. The van der Waals surface area contributed by atoms with E-state index in [9.17, 15) is 4.79 Å². The number of nitrogens with one attached hydrogen (secondary N) is 1. The number of aromatic nitrogens is 1. The van der Waals surface area contributed by atoms with Crippen LogP contribution in [0.3, 0.4) is 0 Å². The van der Waals surface area contributed by atoms with Crippen LogP contribution in [0.2, 0.25) is 0 Å². The number of pyridine rings is 1. The van der Waals surface area contributed by atoms with E-state index < -0.39 is 0 Å². The van der Waals surface area contributed by atoms with E-state index in [1.165, 1.54) is 0 Å². The van der Waals surface area contributed by atoms with Crippen LogP contribution < -0.4 is 16.0 Å². The van der Waals surface area contributed by atoms with Crippen molar-refractivity contribution in [1.29, 1.82) is 0 Å². The highest BCUT2D eigenvalue weighted by Gasteiger charge is 2.25. The van der Waals surface area contributed by atoms with Gasteiger partial charge >= 0.3 is 6.09 Å². The van der Waals surface area contributed by atoms with E-state index in [4.69, 9.17) is 10.5 Å². The number of piperidine rings is 1. The lowest BCUT2D eigenvalue weighted by molar-refractivity contribution is 0.0777. The first kappa shape index (κ1) is 15.4. The molecule has 0 aromatic carbocycles. The van der Waals surface area contributed by atoms with Crippen molar-refractivity contribution in [2.75, 3.05) is 23.7 Å². The average Bonchev–Trinajstić information content (AvgIpc) is 2.38. The van der Waals surface area contributed by atoms with Crippen molar-refractivity contribution in [1.82, 2.24) is 10.3 Å². The molecule has 0 aliphatic carbocycles. The Hall–Kier alpha value is -1.98. The second-order valence-electron chi connectivity index (χ2n) is 6.37. The molecule has 2 heterocycles. The van der Waals surface area contributed by atoms with Crippen molar-refractivity contribution in [3.63, 3.8) is 0 Å². The van der Waals surface area contributed by atoms with Crippen LogP contribution in [0.15, 0.2) is 18.3 Å². The summed E-state index contributed by atoms with van der Waals surface area (Å²) in [5, 5.41) is 2.81. The van der Waals surface area contributed by atoms with Crippen molar-refractivity contribution < 1.29 is 9.53 Å². The first-order valence-electron chi connectivity index (χ1n) is 7.29. The fraction of sp³-hybridized carbons (Fsp3) is 0.600. The molecule has 0 bridgehead atoms. The van der Waals surface area contributed by atoms with Crippen LogP contribution in [0, 0.1) is 0 Å². The Morgan fingerprint density at radius 2 is 2.10 bits per heavy atom. The molecule has 116 valence electrons. The molecule has 2 rings (SSSR count). The molecule has 1 aromatic rings. The number of carbonyl (C=O) groups excluding carboxylic acids is 1. The van der Waals surface area contributed by atoms with Gasteiger partial charge in [0.05, 0.1) is 5.69 Å². The first-order chi connectivity index (χ1) is 9.85. The molecule has 0 spiro atoms. The number of carbonyl (C=O) groups is 1. The molecule has 21 heavy (non-hydrogen) atoms. The molecule has 6 nitrogen and oxygen atoms in total. The molecule has 0 saturated carbocycles. The number of anilines is 2. The lowest BCUT2D eigenvalue weighted by atomic mass is 10.1. The van der Waals surface area contributed by atoms with E-state index in [2.05, 4.69) is 15.2 Å². The van der Waals surface area contributed by atoms with Crippen LogP contribution in [0.4, 0.5) is 16.3 Å². The summed E-state index contributed by atoms with van der Waals surface area (Å²) in [6.07, 6.45) is 2.90. The highest BCUT2D eigenvalue weighted by Crippen LogP contribution is 2.25. The summed E-state index contributed by atoms with van der Waals surface area (Å²) >= 11 is 0. The van der Waals surface area contributed by atoms with Crippen LogP contribution >= 0.6 is 0 Å². The number of amides is 1. The maximum atomic E-state index is 11.8. The van der Waals surface area contributed by atoms with Crippen molar-refractivity contribution >= 4 is 17.6 Å². The third-order valence-electron chi connectivity index (χ3n) is 3.35. The lowest BCUT2D eigenvalue weighted by Gasteiger charge is -2.34. The summed E-state index contributed by atoms with van der Waals surface area (Å²) in [5.41, 5.74) is 6.57. The molecular formula is C15H24N4O2. The maximum Gasteiger partial charge on any atom is 0.407 e. The fourth-order valence-corrected chi connectivity index (χ4v) is 2.38. The van der Waals surface area contributed by atoms with Crippen molar-refractivity contribution in [2.24, 2.45) is 0 Å². The van der Waals surface area contributed by atoms with Gasteiger partial charge in [0.2, 0.25) is 0 Å². The SMILES string of the molecule is CC(C)(C)NC(=O)OC1CCN(c2cccnc2N)CC1. The van der Waals surface area contributed by atoms with E-state index in [-0.39, 0.29) is 17.7 Å². The smallest absolute Gasteiger partial charge is 0.407 e. The standard InChI is InChI=1S/C15H24N4O2/c1-15(2,3)18-14(20)21-11-6-9-19(10-7-11)12-5-4-8-17-13(12)16/h4-5,8,11H,6-7,9-10H2,1-3H3,(H2,16,17)(H,18,20). The van der Waals surface area contributed by atoms with Gasteiger partial charge in [0.15, 0.2) is 0 Å². The molecule has 6 heteroatoms. The topological polar surface area (TPSA) is 80.5 Å². The predicted molar refractivity (Wildman–Crippen MR) is 83.3 cm³/mol. The summed E-state index contributed by atoms with van der Waals surface area (Å²) in [6, 6.07) is 3.85. The molecular weight excluding hydrogens is 268 g/mol. The number of rotatable bonds is 2. The second-order valence-corrected chi connectivity index (χ2v) is 6.37. The van der Waals surface area contributed by atoms with Gasteiger partial charge in [-0.3, -0.25) is 0 Å². The van der Waals surface area contributed by atoms with Gasteiger partial charge in [-0.25, -0.2) is 9.78 Å². The normalized spacial score (nSPS) is 16.6. The minimum atomic E-state index is -0.346. The van der Waals surface area contributed by atoms with Gasteiger partial charge in [0.1, 0.15) is 11.9 Å².